The van der Waals surface area contributed by atoms with Gasteiger partial charge in [-0.1, -0.05) is 30.3 Å². The number of rotatable bonds is 5. The number of sulfone groups is 1. The zero-order chi connectivity index (χ0) is 19.2. The lowest BCUT2D eigenvalue weighted by molar-refractivity contribution is -0.123. The van der Waals surface area contributed by atoms with Gasteiger partial charge in [-0.25, -0.2) is 18.0 Å². The van der Waals surface area contributed by atoms with Crippen molar-refractivity contribution >= 4 is 33.4 Å². The highest BCUT2D eigenvalue weighted by atomic mass is 32.2. The summed E-state index contributed by atoms with van der Waals surface area (Å²) in [7, 11) is -3.64. The molecule has 0 aromatic heterocycles. The lowest BCUT2D eigenvalue weighted by Gasteiger charge is -2.09. The number of esters is 1. The minimum Gasteiger partial charge on any atom is -0.452 e. The molecule has 2 aromatic carbocycles. The lowest BCUT2D eigenvalue weighted by Crippen LogP contribution is -2.37. The average molecular weight is 376 g/mol. The number of benzene rings is 2. The SMILES string of the molecule is CS(=O)(=O)c1ccccc1C(=O)OCC(=O)NC(=O)Nc1ccccc1. The van der Waals surface area contributed by atoms with Crippen LogP contribution in [0.15, 0.2) is 59.5 Å². The van der Waals surface area contributed by atoms with Gasteiger partial charge in [-0.05, 0) is 24.3 Å². The van der Waals surface area contributed by atoms with Gasteiger partial charge in [-0.2, -0.15) is 0 Å². The first-order valence-electron chi connectivity index (χ1n) is 7.39. The van der Waals surface area contributed by atoms with E-state index in [-0.39, 0.29) is 10.5 Å². The van der Waals surface area contributed by atoms with Gasteiger partial charge in [0, 0.05) is 11.9 Å². The van der Waals surface area contributed by atoms with Crippen LogP contribution in [-0.2, 0) is 19.4 Å². The van der Waals surface area contributed by atoms with Crippen LogP contribution in [0, 0.1) is 0 Å². The molecule has 136 valence electrons. The summed E-state index contributed by atoms with van der Waals surface area (Å²) in [4.78, 5) is 35.2. The Labute approximate surface area is 150 Å². The van der Waals surface area contributed by atoms with Gasteiger partial charge in [0.2, 0.25) is 0 Å². The summed E-state index contributed by atoms with van der Waals surface area (Å²) in [5, 5.41) is 4.43. The molecule has 0 heterocycles. The molecule has 0 aliphatic carbocycles. The first-order valence-corrected chi connectivity index (χ1v) is 9.28. The normalized spacial score (nSPS) is 10.7. The third-order valence-corrected chi connectivity index (χ3v) is 4.28. The van der Waals surface area contributed by atoms with E-state index in [9.17, 15) is 22.8 Å². The van der Waals surface area contributed by atoms with Gasteiger partial charge < -0.3 is 10.1 Å². The van der Waals surface area contributed by atoms with E-state index in [1.807, 2.05) is 5.32 Å². The first kappa shape index (κ1) is 19.1. The zero-order valence-electron chi connectivity index (χ0n) is 13.8. The smallest absolute Gasteiger partial charge is 0.339 e. The second kappa shape index (κ2) is 8.26. The van der Waals surface area contributed by atoms with Gasteiger partial charge in [0.15, 0.2) is 16.4 Å². The monoisotopic (exact) mass is 376 g/mol. The summed E-state index contributed by atoms with van der Waals surface area (Å²) in [5.41, 5.74) is 0.299. The van der Waals surface area contributed by atoms with Crippen molar-refractivity contribution in [2.24, 2.45) is 0 Å². The highest BCUT2D eigenvalue weighted by molar-refractivity contribution is 7.90. The maximum atomic E-state index is 12.0. The van der Waals surface area contributed by atoms with Crippen LogP contribution in [0.5, 0.6) is 0 Å². The fourth-order valence-electron chi connectivity index (χ4n) is 2.01. The second-order valence-electron chi connectivity index (χ2n) is 5.21. The average Bonchev–Trinajstić information content (AvgIpc) is 2.59. The number of urea groups is 1. The number of para-hydroxylation sites is 1. The van der Waals surface area contributed by atoms with Crippen molar-refractivity contribution in [1.82, 2.24) is 5.32 Å². The Kier molecular flexibility index (Phi) is 6.07. The topological polar surface area (TPSA) is 119 Å². The van der Waals surface area contributed by atoms with Gasteiger partial charge in [0.05, 0.1) is 10.5 Å². The Morgan fingerprint density at radius 3 is 2.23 bits per heavy atom. The van der Waals surface area contributed by atoms with E-state index in [1.165, 1.54) is 24.3 Å². The maximum absolute atomic E-state index is 12.0. The molecular formula is C17H16N2O6S. The predicted molar refractivity (Wildman–Crippen MR) is 93.4 cm³/mol. The Morgan fingerprint density at radius 1 is 0.962 bits per heavy atom. The van der Waals surface area contributed by atoms with Crippen LogP contribution >= 0.6 is 0 Å². The van der Waals surface area contributed by atoms with Crippen LogP contribution in [0.4, 0.5) is 10.5 Å². The van der Waals surface area contributed by atoms with Crippen LogP contribution < -0.4 is 10.6 Å². The van der Waals surface area contributed by atoms with Gasteiger partial charge in [-0.15, -0.1) is 0 Å². The molecular weight excluding hydrogens is 360 g/mol. The number of amides is 3. The number of nitrogens with one attached hydrogen (secondary N) is 2. The molecule has 2 N–H and O–H groups in total. The number of carbonyl (C=O) groups is 3. The molecule has 0 saturated carbocycles. The molecule has 2 aromatic rings. The zero-order valence-corrected chi connectivity index (χ0v) is 14.6. The molecule has 0 saturated heterocycles. The maximum Gasteiger partial charge on any atom is 0.339 e. The minimum atomic E-state index is -3.64. The Hall–Kier alpha value is -3.20. The second-order valence-corrected chi connectivity index (χ2v) is 7.20. The van der Waals surface area contributed by atoms with Gasteiger partial charge in [0.25, 0.3) is 5.91 Å². The summed E-state index contributed by atoms with van der Waals surface area (Å²) in [6.07, 6.45) is 0.958. The van der Waals surface area contributed by atoms with Crippen molar-refractivity contribution in [1.29, 1.82) is 0 Å². The quantitative estimate of drug-likeness (QED) is 0.765. The molecule has 0 unspecified atom stereocenters. The van der Waals surface area contributed by atoms with Crippen molar-refractivity contribution in [2.75, 3.05) is 18.2 Å². The molecule has 26 heavy (non-hydrogen) atoms. The number of hydrogen-bond donors (Lipinski definition) is 2. The fraction of sp³-hybridized carbons (Fsp3) is 0.118. The summed E-state index contributed by atoms with van der Waals surface area (Å²) in [6, 6.07) is 13.1. The van der Waals surface area contributed by atoms with Crippen molar-refractivity contribution in [3.05, 3.63) is 60.2 Å². The van der Waals surface area contributed by atoms with Crippen molar-refractivity contribution in [3.8, 4) is 0 Å². The predicted octanol–water partition coefficient (Wildman–Crippen LogP) is 1.60. The first-order chi connectivity index (χ1) is 12.3. The standard InChI is InChI=1S/C17H16N2O6S/c1-26(23,24)14-10-6-5-9-13(14)16(21)25-11-15(20)19-17(22)18-12-7-3-2-4-8-12/h2-10H,11H2,1H3,(H2,18,19,20,22). The number of hydrogen-bond acceptors (Lipinski definition) is 6. The van der Waals surface area contributed by atoms with Crippen molar-refractivity contribution in [2.45, 2.75) is 4.90 Å². The van der Waals surface area contributed by atoms with E-state index < -0.39 is 34.4 Å². The number of ether oxygens (including phenoxy) is 1. The van der Waals surface area contributed by atoms with E-state index in [0.717, 1.165) is 6.26 Å². The van der Waals surface area contributed by atoms with E-state index in [0.29, 0.717) is 5.69 Å². The van der Waals surface area contributed by atoms with Gasteiger partial charge in [-0.3, -0.25) is 10.1 Å². The molecule has 0 atom stereocenters. The van der Waals surface area contributed by atoms with Crippen LogP contribution in [-0.4, -0.2) is 39.2 Å². The van der Waals surface area contributed by atoms with E-state index in [4.69, 9.17) is 4.74 Å². The van der Waals surface area contributed by atoms with Gasteiger partial charge >= 0.3 is 12.0 Å². The Bertz CT molecular complexity index is 925. The summed E-state index contributed by atoms with van der Waals surface area (Å²) in [5.74, 6) is -1.84. The molecule has 0 aliphatic rings. The van der Waals surface area contributed by atoms with Crippen molar-refractivity contribution < 1.29 is 27.5 Å². The molecule has 0 aliphatic heterocycles. The third-order valence-electron chi connectivity index (χ3n) is 3.13. The van der Waals surface area contributed by atoms with Crippen LogP contribution in [0.3, 0.4) is 0 Å². The largest absolute Gasteiger partial charge is 0.452 e. The fourth-order valence-corrected chi connectivity index (χ4v) is 2.89. The third kappa shape index (κ3) is 5.42. The summed E-state index contributed by atoms with van der Waals surface area (Å²) in [6.45, 7) is -0.737. The number of imide groups is 1. The summed E-state index contributed by atoms with van der Waals surface area (Å²) >= 11 is 0. The van der Waals surface area contributed by atoms with Crippen molar-refractivity contribution in [3.63, 3.8) is 0 Å². The van der Waals surface area contributed by atoms with E-state index >= 15 is 0 Å². The molecule has 0 spiro atoms. The van der Waals surface area contributed by atoms with E-state index in [2.05, 4.69) is 5.32 Å². The molecule has 0 bridgehead atoms. The highest BCUT2D eigenvalue weighted by Crippen LogP contribution is 2.16. The van der Waals surface area contributed by atoms with Crippen LogP contribution in [0.2, 0.25) is 0 Å². The van der Waals surface area contributed by atoms with Crippen LogP contribution in [0.25, 0.3) is 0 Å². The molecule has 8 nitrogen and oxygen atoms in total. The Balaban J connectivity index is 1.92. The Morgan fingerprint density at radius 2 is 1.58 bits per heavy atom. The summed E-state index contributed by atoms with van der Waals surface area (Å²) < 4.78 is 28.1. The molecule has 0 fully saturated rings. The van der Waals surface area contributed by atoms with Crippen LogP contribution in [0.1, 0.15) is 10.4 Å². The molecule has 0 radical (unpaired) electrons. The number of carbonyl (C=O) groups excluding carboxylic acids is 3. The lowest BCUT2D eigenvalue weighted by atomic mass is 10.2. The minimum absolute atomic E-state index is 0.184. The van der Waals surface area contributed by atoms with E-state index in [1.54, 1.807) is 30.3 Å². The molecule has 9 heteroatoms. The molecule has 3 amide bonds. The van der Waals surface area contributed by atoms with Gasteiger partial charge in [0.1, 0.15) is 0 Å². The highest BCUT2D eigenvalue weighted by Gasteiger charge is 2.20. The number of anilines is 1. The molecule has 2 rings (SSSR count).